The fourth-order valence-electron chi connectivity index (χ4n) is 1.83. The molecule has 2 rings (SSSR count). The van der Waals surface area contributed by atoms with Crippen molar-refractivity contribution in [1.29, 1.82) is 0 Å². The van der Waals surface area contributed by atoms with E-state index in [9.17, 15) is 13.0 Å². The van der Waals surface area contributed by atoms with Crippen molar-refractivity contribution in [3.63, 3.8) is 0 Å². The fraction of sp³-hybridized carbons (Fsp3) is 0.143. The monoisotopic (exact) mass is 299 g/mol. The molecule has 0 bridgehead atoms. The first-order valence-electron chi connectivity index (χ1n) is 5.87. The van der Waals surface area contributed by atoms with E-state index in [4.69, 9.17) is 0 Å². The van der Waals surface area contributed by atoms with Gasteiger partial charge in [-0.05, 0) is 24.3 Å². The number of para-hydroxylation sites is 2. The quantitative estimate of drug-likeness (QED) is 0.545. The molecule has 0 amide bonds. The number of hydrogen-bond acceptors (Lipinski definition) is 4. The molecule has 2 aromatic rings. The zero-order valence-corrected chi connectivity index (χ0v) is 14.1. The minimum atomic E-state index is -4.23. The molecule has 0 aliphatic carbocycles. The molecule has 0 spiro atoms. The fourth-order valence-corrected chi connectivity index (χ4v) is 2.23. The Kier molecular flexibility index (Phi) is 6.71. The maximum absolute atomic E-state index is 10.8. The van der Waals surface area contributed by atoms with Crippen LogP contribution in [0.4, 0.5) is 11.4 Å². The SMILES string of the molecule is O=S(=O)([O-])CCN(c1ccccc1)c1ccccc1.[Na+]. The van der Waals surface area contributed by atoms with Crippen LogP contribution in [0.15, 0.2) is 60.7 Å². The summed E-state index contributed by atoms with van der Waals surface area (Å²) >= 11 is 0. The Morgan fingerprint density at radius 3 is 1.60 bits per heavy atom. The van der Waals surface area contributed by atoms with Gasteiger partial charge in [0.1, 0.15) is 0 Å². The predicted molar refractivity (Wildman–Crippen MR) is 74.5 cm³/mol. The van der Waals surface area contributed by atoms with E-state index in [0.717, 1.165) is 11.4 Å². The topological polar surface area (TPSA) is 60.4 Å². The van der Waals surface area contributed by atoms with E-state index in [1.165, 1.54) is 0 Å². The Morgan fingerprint density at radius 1 is 0.850 bits per heavy atom. The van der Waals surface area contributed by atoms with Gasteiger partial charge >= 0.3 is 29.6 Å². The largest absolute Gasteiger partial charge is 1.00 e. The third-order valence-electron chi connectivity index (χ3n) is 2.70. The number of nitrogens with zero attached hydrogens (tertiary/aromatic N) is 1. The van der Waals surface area contributed by atoms with Crippen LogP contribution in [0.5, 0.6) is 0 Å². The number of hydrogen-bond donors (Lipinski definition) is 0. The van der Waals surface area contributed by atoms with Crippen LogP contribution in [0, 0.1) is 0 Å². The summed E-state index contributed by atoms with van der Waals surface area (Å²) in [5.41, 5.74) is 1.72. The molecule has 2 aromatic carbocycles. The second-order valence-electron chi connectivity index (χ2n) is 4.08. The summed E-state index contributed by atoms with van der Waals surface area (Å²) in [7, 11) is -4.23. The summed E-state index contributed by atoms with van der Waals surface area (Å²) in [4.78, 5) is 1.81. The molecule has 4 nitrogen and oxygen atoms in total. The number of anilines is 2. The second kappa shape index (κ2) is 7.81. The van der Waals surface area contributed by atoms with Gasteiger partial charge in [0.15, 0.2) is 0 Å². The van der Waals surface area contributed by atoms with Crippen LogP contribution < -0.4 is 34.5 Å². The predicted octanol–water partition coefficient (Wildman–Crippen LogP) is -0.626. The van der Waals surface area contributed by atoms with Gasteiger partial charge in [0, 0.05) is 17.9 Å². The average Bonchev–Trinajstić information content (AvgIpc) is 2.40. The molecule has 100 valence electrons. The standard InChI is InChI=1S/C14H15NO3S.Na/c16-19(17,18)12-11-15(13-7-3-1-4-8-13)14-9-5-2-6-10-14;/h1-10H,11-12H2,(H,16,17,18);/q;+1/p-1. The van der Waals surface area contributed by atoms with Gasteiger partial charge in [-0.1, -0.05) is 36.4 Å². The van der Waals surface area contributed by atoms with Crippen molar-refractivity contribution in [2.45, 2.75) is 0 Å². The minimum absolute atomic E-state index is 0. The van der Waals surface area contributed by atoms with E-state index in [-0.39, 0.29) is 36.1 Å². The Hall–Kier alpha value is -0.850. The molecule has 0 N–H and O–H groups in total. The summed E-state index contributed by atoms with van der Waals surface area (Å²) in [6.07, 6.45) is 0. The molecule has 20 heavy (non-hydrogen) atoms. The Morgan fingerprint density at radius 2 is 1.25 bits per heavy atom. The van der Waals surface area contributed by atoms with Gasteiger partial charge < -0.3 is 9.45 Å². The van der Waals surface area contributed by atoms with Gasteiger partial charge in [0.2, 0.25) is 0 Å². The summed E-state index contributed by atoms with van der Waals surface area (Å²) < 4.78 is 32.4. The van der Waals surface area contributed by atoms with Gasteiger partial charge in [-0.3, -0.25) is 0 Å². The Labute approximate surface area is 141 Å². The summed E-state index contributed by atoms with van der Waals surface area (Å²) in [5.74, 6) is -0.420. The van der Waals surface area contributed by atoms with Crippen LogP contribution in [0.3, 0.4) is 0 Å². The maximum atomic E-state index is 10.8. The zero-order chi connectivity index (χ0) is 13.7. The first kappa shape index (κ1) is 17.2. The average molecular weight is 299 g/mol. The normalized spacial score (nSPS) is 10.7. The molecule has 0 aliphatic rings. The Bertz CT molecular complexity index is 578. The molecule has 0 unspecified atom stereocenters. The molecule has 0 saturated carbocycles. The van der Waals surface area contributed by atoms with Crippen LogP contribution >= 0.6 is 0 Å². The number of rotatable bonds is 5. The summed E-state index contributed by atoms with van der Waals surface area (Å²) in [6.45, 7) is 0.139. The zero-order valence-electron chi connectivity index (χ0n) is 11.3. The smallest absolute Gasteiger partial charge is 0.748 e. The van der Waals surface area contributed by atoms with E-state index in [2.05, 4.69) is 0 Å². The van der Waals surface area contributed by atoms with Crippen LogP contribution in [-0.2, 0) is 10.1 Å². The van der Waals surface area contributed by atoms with Crippen LogP contribution in [0.2, 0.25) is 0 Å². The molecule has 0 heterocycles. The van der Waals surface area contributed by atoms with E-state index >= 15 is 0 Å². The van der Waals surface area contributed by atoms with E-state index in [1.54, 1.807) is 0 Å². The Balaban J connectivity index is 0.00000200. The van der Waals surface area contributed by atoms with Gasteiger partial charge in [-0.25, -0.2) is 8.42 Å². The van der Waals surface area contributed by atoms with Crippen molar-refractivity contribution in [2.24, 2.45) is 0 Å². The molecular weight excluding hydrogens is 285 g/mol. The third kappa shape index (κ3) is 5.26. The first-order chi connectivity index (χ1) is 9.06. The molecule has 0 atom stereocenters. The van der Waals surface area contributed by atoms with Crippen molar-refractivity contribution >= 4 is 21.5 Å². The molecule has 0 aromatic heterocycles. The number of benzene rings is 2. The van der Waals surface area contributed by atoms with Crippen molar-refractivity contribution in [2.75, 3.05) is 17.2 Å². The van der Waals surface area contributed by atoms with Crippen molar-refractivity contribution in [1.82, 2.24) is 0 Å². The van der Waals surface area contributed by atoms with Crippen molar-refractivity contribution in [3.05, 3.63) is 60.7 Å². The second-order valence-corrected chi connectivity index (χ2v) is 5.61. The maximum Gasteiger partial charge on any atom is 1.00 e. The van der Waals surface area contributed by atoms with E-state index in [1.807, 2.05) is 65.6 Å². The van der Waals surface area contributed by atoms with Gasteiger partial charge in [0.25, 0.3) is 0 Å². The van der Waals surface area contributed by atoms with Gasteiger partial charge in [-0.15, -0.1) is 0 Å². The van der Waals surface area contributed by atoms with Crippen LogP contribution in [-0.4, -0.2) is 25.3 Å². The summed E-state index contributed by atoms with van der Waals surface area (Å²) in [5, 5.41) is 0. The van der Waals surface area contributed by atoms with Crippen LogP contribution in [0.1, 0.15) is 0 Å². The minimum Gasteiger partial charge on any atom is -0.748 e. The van der Waals surface area contributed by atoms with E-state index in [0.29, 0.717) is 0 Å². The van der Waals surface area contributed by atoms with Gasteiger partial charge in [-0.2, -0.15) is 0 Å². The molecule has 0 fully saturated rings. The summed E-state index contributed by atoms with van der Waals surface area (Å²) in [6, 6.07) is 18.8. The van der Waals surface area contributed by atoms with Crippen molar-refractivity contribution < 1.29 is 42.5 Å². The molecule has 6 heteroatoms. The first-order valence-corrected chi connectivity index (χ1v) is 7.45. The molecule has 0 aliphatic heterocycles. The van der Waals surface area contributed by atoms with Crippen LogP contribution in [0.25, 0.3) is 0 Å². The molecular formula is C14H14NNaO3S. The molecule has 0 saturated heterocycles. The van der Waals surface area contributed by atoms with Crippen molar-refractivity contribution in [3.8, 4) is 0 Å². The molecule has 0 radical (unpaired) electrons. The third-order valence-corrected chi connectivity index (χ3v) is 3.38. The van der Waals surface area contributed by atoms with E-state index < -0.39 is 15.9 Å². The van der Waals surface area contributed by atoms with Gasteiger partial charge in [0.05, 0.1) is 15.9 Å².